The van der Waals surface area contributed by atoms with E-state index in [9.17, 15) is 13.2 Å². The Balaban J connectivity index is 2.45. The fourth-order valence-corrected chi connectivity index (χ4v) is 2.17. The maximum absolute atomic E-state index is 14.2. The Morgan fingerprint density at radius 2 is 1.76 bits per heavy atom. The molecule has 0 aliphatic carbocycles. The normalized spacial score (nSPS) is 12.2. The van der Waals surface area contributed by atoms with E-state index < -0.39 is 23.5 Å². The van der Waals surface area contributed by atoms with Crippen LogP contribution in [0.3, 0.4) is 0 Å². The molecule has 0 amide bonds. The Kier molecular flexibility index (Phi) is 4.85. The Morgan fingerprint density at radius 3 is 2.33 bits per heavy atom. The molecule has 0 saturated carbocycles. The van der Waals surface area contributed by atoms with Crippen LogP contribution in [0.1, 0.15) is 24.1 Å². The van der Waals surface area contributed by atoms with E-state index in [1.165, 1.54) is 19.2 Å². The topological polar surface area (TPSA) is 21.3 Å². The highest BCUT2D eigenvalue weighted by Gasteiger charge is 2.19. The second-order valence-corrected chi connectivity index (χ2v) is 4.55. The molecule has 1 atom stereocenters. The van der Waals surface area contributed by atoms with Gasteiger partial charge in [-0.25, -0.2) is 13.2 Å². The molecule has 2 aromatic carbocycles. The maximum Gasteiger partial charge on any atom is 0.159 e. The molecule has 0 fully saturated rings. The van der Waals surface area contributed by atoms with Crippen LogP contribution in [0.4, 0.5) is 13.2 Å². The summed E-state index contributed by atoms with van der Waals surface area (Å²) in [4.78, 5) is 0. The highest BCUT2D eigenvalue weighted by molar-refractivity contribution is 5.37. The van der Waals surface area contributed by atoms with Crippen molar-refractivity contribution >= 4 is 0 Å². The van der Waals surface area contributed by atoms with E-state index in [0.717, 1.165) is 12.1 Å². The molecule has 0 radical (unpaired) electrons. The monoisotopic (exact) mass is 295 g/mol. The zero-order chi connectivity index (χ0) is 15.4. The maximum atomic E-state index is 14.2. The van der Waals surface area contributed by atoms with Crippen LogP contribution in [-0.4, -0.2) is 13.7 Å². The summed E-state index contributed by atoms with van der Waals surface area (Å²) in [5.41, 5.74) is 0.809. The lowest BCUT2D eigenvalue weighted by Crippen LogP contribution is -2.23. The summed E-state index contributed by atoms with van der Waals surface area (Å²) >= 11 is 0. The largest absolute Gasteiger partial charge is 0.497 e. The summed E-state index contributed by atoms with van der Waals surface area (Å²) < 4.78 is 45.6. The predicted octanol–water partition coefficient (Wildman–Crippen LogP) is 3.81. The van der Waals surface area contributed by atoms with Crippen molar-refractivity contribution in [2.24, 2.45) is 0 Å². The molecule has 5 heteroatoms. The third-order valence-electron chi connectivity index (χ3n) is 3.20. The average Bonchev–Trinajstić information content (AvgIpc) is 2.48. The molecule has 0 heterocycles. The number of hydrogen-bond acceptors (Lipinski definition) is 2. The van der Waals surface area contributed by atoms with Crippen molar-refractivity contribution in [2.45, 2.75) is 13.0 Å². The molecule has 1 unspecified atom stereocenters. The third kappa shape index (κ3) is 3.36. The molecule has 112 valence electrons. The molecule has 1 N–H and O–H groups in total. The lowest BCUT2D eigenvalue weighted by Gasteiger charge is -2.20. The van der Waals surface area contributed by atoms with Gasteiger partial charge in [0.1, 0.15) is 11.6 Å². The molecular formula is C16H16F3NO. The first-order valence-electron chi connectivity index (χ1n) is 6.58. The first-order valence-corrected chi connectivity index (χ1v) is 6.58. The average molecular weight is 295 g/mol. The first kappa shape index (κ1) is 15.4. The van der Waals surface area contributed by atoms with Crippen LogP contribution in [-0.2, 0) is 0 Å². The number of ether oxygens (including phenoxy) is 1. The van der Waals surface area contributed by atoms with E-state index >= 15 is 0 Å². The minimum Gasteiger partial charge on any atom is -0.497 e. The van der Waals surface area contributed by atoms with Gasteiger partial charge in [0, 0.05) is 11.6 Å². The van der Waals surface area contributed by atoms with Gasteiger partial charge in [-0.15, -0.1) is 0 Å². The molecule has 21 heavy (non-hydrogen) atoms. The minimum absolute atomic E-state index is 0.351. The Labute approximate surface area is 121 Å². The van der Waals surface area contributed by atoms with Crippen LogP contribution in [0, 0.1) is 17.5 Å². The highest BCUT2D eigenvalue weighted by atomic mass is 19.2. The van der Waals surface area contributed by atoms with Gasteiger partial charge in [0.25, 0.3) is 0 Å². The fourth-order valence-electron chi connectivity index (χ4n) is 2.17. The molecular weight excluding hydrogens is 279 g/mol. The number of benzene rings is 2. The zero-order valence-electron chi connectivity index (χ0n) is 11.8. The van der Waals surface area contributed by atoms with Crippen LogP contribution in [0.25, 0.3) is 0 Å². The van der Waals surface area contributed by atoms with Crippen LogP contribution in [0.15, 0.2) is 36.4 Å². The number of hydrogen-bond donors (Lipinski definition) is 1. The van der Waals surface area contributed by atoms with Crippen molar-refractivity contribution in [3.63, 3.8) is 0 Å². The molecule has 2 nitrogen and oxygen atoms in total. The van der Waals surface area contributed by atoms with Gasteiger partial charge in [-0.1, -0.05) is 19.1 Å². The number of rotatable bonds is 5. The summed E-state index contributed by atoms with van der Waals surface area (Å²) in [5, 5.41) is 3.07. The summed E-state index contributed by atoms with van der Waals surface area (Å²) in [5.74, 6) is -1.95. The molecule has 0 spiro atoms. The van der Waals surface area contributed by atoms with E-state index in [4.69, 9.17) is 4.74 Å². The van der Waals surface area contributed by atoms with Gasteiger partial charge in [-0.2, -0.15) is 0 Å². The fraction of sp³-hybridized carbons (Fsp3) is 0.250. The quantitative estimate of drug-likeness (QED) is 0.905. The zero-order valence-corrected chi connectivity index (χ0v) is 11.8. The third-order valence-corrected chi connectivity index (χ3v) is 3.20. The Morgan fingerprint density at radius 1 is 1.00 bits per heavy atom. The molecule has 0 aromatic heterocycles. The standard InChI is InChI=1S/C16H16F3NO/c1-3-20-16(10-4-7-13(17)15(19)8-10)12-6-5-11(21-2)9-14(12)18/h4-9,16,20H,3H2,1-2H3. The Bertz CT molecular complexity index is 631. The van der Waals surface area contributed by atoms with Gasteiger partial charge in [0.2, 0.25) is 0 Å². The second kappa shape index (κ2) is 6.63. The SMILES string of the molecule is CCNC(c1ccc(F)c(F)c1)c1ccc(OC)cc1F. The van der Waals surface area contributed by atoms with Crippen molar-refractivity contribution in [3.05, 3.63) is 65.0 Å². The van der Waals surface area contributed by atoms with E-state index in [0.29, 0.717) is 23.4 Å². The van der Waals surface area contributed by atoms with Crippen LogP contribution in [0.2, 0.25) is 0 Å². The van der Waals surface area contributed by atoms with E-state index in [1.807, 2.05) is 6.92 Å². The molecule has 2 rings (SSSR count). The van der Waals surface area contributed by atoms with Gasteiger partial charge in [-0.3, -0.25) is 0 Å². The first-order chi connectivity index (χ1) is 10.1. The van der Waals surface area contributed by atoms with Gasteiger partial charge in [-0.05, 0) is 30.3 Å². The van der Waals surface area contributed by atoms with Crippen LogP contribution in [0.5, 0.6) is 5.75 Å². The van der Waals surface area contributed by atoms with Crippen molar-refractivity contribution in [1.82, 2.24) is 5.32 Å². The van der Waals surface area contributed by atoms with Crippen molar-refractivity contribution in [3.8, 4) is 5.75 Å². The van der Waals surface area contributed by atoms with Crippen molar-refractivity contribution in [1.29, 1.82) is 0 Å². The smallest absolute Gasteiger partial charge is 0.159 e. The van der Waals surface area contributed by atoms with Crippen LogP contribution >= 0.6 is 0 Å². The summed E-state index contributed by atoms with van der Waals surface area (Å²) in [6, 6.07) is 7.46. The number of methoxy groups -OCH3 is 1. The second-order valence-electron chi connectivity index (χ2n) is 4.55. The van der Waals surface area contributed by atoms with Crippen molar-refractivity contribution in [2.75, 3.05) is 13.7 Å². The van der Waals surface area contributed by atoms with Gasteiger partial charge in [0.05, 0.1) is 13.2 Å². The number of halogens is 3. The van der Waals surface area contributed by atoms with Crippen molar-refractivity contribution < 1.29 is 17.9 Å². The molecule has 0 aliphatic rings. The summed E-state index contributed by atoms with van der Waals surface area (Å²) in [6.45, 7) is 2.41. The lowest BCUT2D eigenvalue weighted by atomic mass is 9.97. The molecule has 0 aliphatic heterocycles. The molecule has 0 bridgehead atoms. The van der Waals surface area contributed by atoms with Gasteiger partial charge >= 0.3 is 0 Å². The predicted molar refractivity (Wildman–Crippen MR) is 74.8 cm³/mol. The minimum atomic E-state index is -0.954. The van der Waals surface area contributed by atoms with E-state index in [-0.39, 0.29) is 0 Å². The lowest BCUT2D eigenvalue weighted by molar-refractivity contribution is 0.410. The van der Waals surface area contributed by atoms with Gasteiger partial charge < -0.3 is 10.1 Å². The summed E-state index contributed by atoms with van der Waals surface area (Å²) in [7, 11) is 1.45. The Hall–Kier alpha value is -2.01. The number of nitrogens with one attached hydrogen (secondary N) is 1. The van der Waals surface area contributed by atoms with E-state index in [2.05, 4.69) is 5.32 Å². The highest BCUT2D eigenvalue weighted by Crippen LogP contribution is 2.28. The van der Waals surface area contributed by atoms with Gasteiger partial charge in [0.15, 0.2) is 11.6 Å². The van der Waals surface area contributed by atoms with E-state index in [1.54, 1.807) is 12.1 Å². The molecule has 0 saturated heterocycles. The summed E-state index contributed by atoms with van der Waals surface area (Å²) in [6.07, 6.45) is 0. The van der Waals surface area contributed by atoms with Crippen LogP contribution < -0.4 is 10.1 Å². The molecule has 2 aromatic rings.